The summed E-state index contributed by atoms with van der Waals surface area (Å²) in [5, 5.41) is 3.37. The summed E-state index contributed by atoms with van der Waals surface area (Å²) in [4.78, 5) is 26.4. The topological polar surface area (TPSA) is 86.9 Å². The number of hydrogen-bond acceptors (Lipinski definition) is 6. The molecule has 1 saturated heterocycles. The molecule has 31 heavy (non-hydrogen) atoms. The molecule has 1 aliphatic rings. The Hall–Kier alpha value is -3.52. The maximum absolute atomic E-state index is 12.8. The van der Waals surface area contributed by atoms with E-state index >= 15 is 0 Å². The van der Waals surface area contributed by atoms with Crippen LogP contribution < -0.4 is 10.9 Å². The lowest BCUT2D eigenvalue weighted by atomic mass is 10.1. The van der Waals surface area contributed by atoms with Crippen molar-refractivity contribution in [3.05, 3.63) is 71.0 Å². The summed E-state index contributed by atoms with van der Waals surface area (Å²) in [6, 6.07) is 13.6. The van der Waals surface area contributed by atoms with Crippen molar-refractivity contribution in [1.82, 2.24) is 24.1 Å². The molecule has 8 heteroatoms. The van der Waals surface area contributed by atoms with Crippen LogP contribution in [0.15, 0.2) is 59.7 Å². The van der Waals surface area contributed by atoms with E-state index in [1.54, 1.807) is 23.0 Å². The van der Waals surface area contributed by atoms with Crippen LogP contribution in [0, 0.1) is 0 Å². The molecule has 0 radical (unpaired) electrons. The summed E-state index contributed by atoms with van der Waals surface area (Å²) in [5.74, 6) is 1.41. The third-order valence-electron chi connectivity index (χ3n) is 5.69. The smallest absolute Gasteiger partial charge is 0.251 e. The highest BCUT2D eigenvalue weighted by atomic mass is 16.5. The molecule has 4 aromatic rings. The van der Waals surface area contributed by atoms with Gasteiger partial charge in [0.2, 0.25) is 5.95 Å². The van der Waals surface area contributed by atoms with Gasteiger partial charge in [0, 0.05) is 50.3 Å². The van der Waals surface area contributed by atoms with Crippen LogP contribution in [0.5, 0.6) is 0 Å². The summed E-state index contributed by atoms with van der Waals surface area (Å²) in [6.45, 7) is 1.91. The third kappa shape index (κ3) is 4.06. The fraction of sp³-hybridized carbons (Fsp3) is 0.304. The summed E-state index contributed by atoms with van der Waals surface area (Å²) < 4.78 is 9.08. The lowest BCUT2D eigenvalue weighted by Gasteiger charge is -2.23. The van der Waals surface area contributed by atoms with Crippen molar-refractivity contribution in [3.8, 4) is 11.3 Å². The molecule has 1 fully saturated rings. The number of rotatable bonds is 5. The Morgan fingerprint density at radius 3 is 2.77 bits per heavy atom. The minimum atomic E-state index is -0.0953. The Morgan fingerprint density at radius 1 is 1.13 bits per heavy atom. The van der Waals surface area contributed by atoms with Crippen molar-refractivity contribution in [2.45, 2.75) is 25.4 Å². The van der Waals surface area contributed by atoms with Gasteiger partial charge < -0.3 is 19.2 Å². The number of benzene rings is 1. The molecular formula is C23H24N6O2. The standard InChI is InChI=1S/C23H24N6O2/c1-28-20-5-3-2-4-19(20)26-21(28)15-29-11-7-16(14-22(29)30)18-6-10-24-23(27-18)25-17-8-12-31-13-9-17/h2-7,10-11,14,17H,8-9,12-13,15H2,1H3,(H,24,25,27). The van der Waals surface area contributed by atoms with E-state index in [-0.39, 0.29) is 5.56 Å². The first-order valence-corrected chi connectivity index (χ1v) is 10.5. The number of aryl methyl sites for hydroxylation is 1. The zero-order chi connectivity index (χ0) is 21.2. The molecule has 0 atom stereocenters. The molecule has 8 nitrogen and oxygen atoms in total. The first kappa shape index (κ1) is 19.4. The molecule has 0 amide bonds. The first-order chi connectivity index (χ1) is 15.2. The van der Waals surface area contributed by atoms with Crippen molar-refractivity contribution in [2.24, 2.45) is 7.05 Å². The summed E-state index contributed by atoms with van der Waals surface area (Å²) in [5.41, 5.74) is 3.37. The van der Waals surface area contributed by atoms with E-state index < -0.39 is 0 Å². The molecule has 3 aromatic heterocycles. The van der Waals surface area contributed by atoms with Gasteiger partial charge in [-0.25, -0.2) is 15.0 Å². The number of nitrogens with one attached hydrogen (secondary N) is 1. The minimum Gasteiger partial charge on any atom is -0.381 e. The Balaban J connectivity index is 1.37. The van der Waals surface area contributed by atoms with E-state index in [1.807, 2.05) is 48.0 Å². The molecule has 0 spiro atoms. The zero-order valence-corrected chi connectivity index (χ0v) is 17.4. The second-order valence-electron chi connectivity index (χ2n) is 7.75. The predicted molar refractivity (Wildman–Crippen MR) is 119 cm³/mol. The fourth-order valence-corrected chi connectivity index (χ4v) is 3.90. The van der Waals surface area contributed by atoms with Crippen molar-refractivity contribution in [1.29, 1.82) is 0 Å². The molecule has 158 valence electrons. The van der Waals surface area contributed by atoms with Gasteiger partial charge in [-0.1, -0.05) is 12.1 Å². The number of fused-ring (bicyclic) bond motifs is 1. The lowest BCUT2D eigenvalue weighted by molar-refractivity contribution is 0.0903. The predicted octanol–water partition coefficient (Wildman–Crippen LogP) is 2.83. The van der Waals surface area contributed by atoms with Crippen molar-refractivity contribution in [3.63, 3.8) is 0 Å². The molecule has 0 unspecified atom stereocenters. The van der Waals surface area contributed by atoms with Gasteiger partial charge in [-0.05, 0) is 37.1 Å². The Bertz CT molecular complexity index is 1270. The molecule has 0 aliphatic carbocycles. The number of anilines is 1. The van der Waals surface area contributed by atoms with Crippen LogP contribution in [0.4, 0.5) is 5.95 Å². The Morgan fingerprint density at radius 2 is 1.97 bits per heavy atom. The molecule has 0 bridgehead atoms. The molecule has 5 rings (SSSR count). The number of nitrogens with zero attached hydrogens (tertiary/aromatic N) is 5. The number of imidazole rings is 1. The van der Waals surface area contributed by atoms with Gasteiger partial charge in [-0.15, -0.1) is 0 Å². The van der Waals surface area contributed by atoms with E-state index in [2.05, 4.69) is 20.3 Å². The van der Waals surface area contributed by atoms with Crippen LogP contribution in [0.1, 0.15) is 18.7 Å². The van der Waals surface area contributed by atoms with Crippen molar-refractivity contribution in [2.75, 3.05) is 18.5 Å². The van der Waals surface area contributed by atoms with Crippen molar-refractivity contribution >= 4 is 17.0 Å². The van der Waals surface area contributed by atoms with Crippen LogP contribution in [0.2, 0.25) is 0 Å². The molecule has 1 aromatic carbocycles. The van der Waals surface area contributed by atoms with Gasteiger partial charge in [-0.3, -0.25) is 4.79 Å². The van der Waals surface area contributed by atoms with Gasteiger partial charge in [0.1, 0.15) is 5.82 Å². The highest BCUT2D eigenvalue weighted by Gasteiger charge is 2.15. The normalized spacial score (nSPS) is 14.7. The van der Waals surface area contributed by atoms with Gasteiger partial charge in [0.15, 0.2) is 0 Å². The second-order valence-corrected chi connectivity index (χ2v) is 7.75. The van der Waals surface area contributed by atoms with Gasteiger partial charge in [-0.2, -0.15) is 0 Å². The van der Waals surface area contributed by atoms with E-state index in [0.29, 0.717) is 18.5 Å². The van der Waals surface area contributed by atoms with E-state index in [1.165, 1.54) is 0 Å². The molecule has 1 aliphatic heterocycles. The van der Waals surface area contributed by atoms with Crippen LogP contribution in [0.25, 0.3) is 22.3 Å². The number of para-hydroxylation sites is 2. The number of hydrogen-bond donors (Lipinski definition) is 1. The van der Waals surface area contributed by atoms with Crippen LogP contribution >= 0.6 is 0 Å². The largest absolute Gasteiger partial charge is 0.381 e. The molecular weight excluding hydrogens is 392 g/mol. The monoisotopic (exact) mass is 416 g/mol. The van der Waals surface area contributed by atoms with Crippen LogP contribution in [-0.4, -0.2) is 43.3 Å². The maximum Gasteiger partial charge on any atom is 0.251 e. The third-order valence-corrected chi connectivity index (χ3v) is 5.69. The highest BCUT2D eigenvalue weighted by Crippen LogP contribution is 2.19. The molecule has 4 heterocycles. The van der Waals surface area contributed by atoms with E-state index in [0.717, 1.165) is 54.2 Å². The highest BCUT2D eigenvalue weighted by molar-refractivity contribution is 5.75. The minimum absolute atomic E-state index is 0.0953. The fourth-order valence-electron chi connectivity index (χ4n) is 3.90. The average Bonchev–Trinajstić information content (AvgIpc) is 3.11. The molecule has 1 N–H and O–H groups in total. The number of aromatic nitrogens is 5. The SMILES string of the molecule is Cn1c(Cn2ccc(-c3ccnc(NC4CCOCC4)n3)cc2=O)nc2ccccc21. The zero-order valence-electron chi connectivity index (χ0n) is 17.4. The second kappa shape index (κ2) is 8.31. The Kier molecular flexibility index (Phi) is 5.21. The summed E-state index contributed by atoms with van der Waals surface area (Å²) in [6.07, 6.45) is 5.39. The lowest BCUT2D eigenvalue weighted by Crippen LogP contribution is -2.28. The summed E-state index contributed by atoms with van der Waals surface area (Å²) in [7, 11) is 1.97. The van der Waals surface area contributed by atoms with Crippen molar-refractivity contribution < 1.29 is 4.74 Å². The van der Waals surface area contributed by atoms with Gasteiger partial charge in [0.05, 0.1) is 23.3 Å². The molecule has 0 saturated carbocycles. The van der Waals surface area contributed by atoms with Gasteiger partial charge in [0.25, 0.3) is 5.56 Å². The quantitative estimate of drug-likeness (QED) is 0.538. The number of ether oxygens (including phenoxy) is 1. The van der Waals surface area contributed by atoms with Gasteiger partial charge >= 0.3 is 0 Å². The van der Waals surface area contributed by atoms with E-state index in [4.69, 9.17) is 4.74 Å². The number of pyridine rings is 1. The van der Waals surface area contributed by atoms with Crippen LogP contribution in [0.3, 0.4) is 0 Å². The summed E-state index contributed by atoms with van der Waals surface area (Å²) >= 11 is 0. The maximum atomic E-state index is 12.8. The average molecular weight is 416 g/mol. The Labute approximate surface area is 179 Å². The first-order valence-electron chi connectivity index (χ1n) is 10.5. The van der Waals surface area contributed by atoms with Crippen LogP contribution in [-0.2, 0) is 18.3 Å². The van der Waals surface area contributed by atoms with E-state index in [9.17, 15) is 4.79 Å².